The van der Waals surface area contributed by atoms with Crippen LogP contribution in [-0.2, 0) is 15.2 Å². The van der Waals surface area contributed by atoms with Crippen LogP contribution in [0.1, 0.15) is 21.6 Å². The molecule has 2 amide bonds. The number of aliphatic hydroxyl groups is 1. The smallest absolute Gasteiger partial charge is 0.313 e. The molecule has 3 rings (SSSR count). The number of anilines is 1. The highest BCUT2D eigenvalue weighted by Gasteiger charge is 2.34. The number of aryl methyl sites for hydroxylation is 1. The Labute approximate surface area is 165 Å². The number of hydrogen-bond donors (Lipinski definition) is 3. The maximum Gasteiger partial charge on any atom is 0.313 e. The number of benzene rings is 1. The summed E-state index contributed by atoms with van der Waals surface area (Å²) in [4.78, 5) is 25.3. The van der Waals surface area contributed by atoms with Crippen molar-refractivity contribution in [3.63, 3.8) is 0 Å². The van der Waals surface area contributed by atoms with Crippen molar-refractivity contribution in [3.8, 4) is 0 Å². The molecule has 1 atom stereocenters. The van der Waals surface area contributed by atoms with Gasteiger partial charge in [-0.05, 0) is 59.3 Å². The summed E-state index contributed by atoms with van der Waals surface area (Å²) < 4.78 is 0. The minimum atomic E-state index is -1.37. The summed E-state index contributed by atoms with van der Waals surface area (Å²) in [6, 6.07) is 11.0. The van der Waals surface area contributed by atoms with Crippen molar-refractivity contribution in [2.45, 2.75) is 19.4 Å². The van der Waals surface area contributed by atoms with Gasteiger partial charge in [0.1, 0.15) is 5.60 Å². The molecule has 0 bridgehead atoms. The lowest BCUT2D eigenvalue weighted by Gasteiger charge is -2.26. The molecule has 140 valence electrons. The van der Waals surface area contributed by atoms with E-state index >= 15 is 0 Å². The molecule has 0 saturated heterocycles. The standard InChI is InChI=1S/C20H20N2O3S2/c1-13-5-3-6-16(14(13)2)22-19(24)18(23)21-12-20(25,15-8-10-26-11-15)17-7-4-9-27-17/h3-11,25H,12H2,1-2H3,(H,21,23)(H,22,24). The van der Waals surface area contributed by atoms with Gasteiger partial charge in [0.25, 0.3) is 0 Å². The van der Waals surface area contributed by atoms with Gasteiger partial charge < -0.3 is 15.7 Å². The average Bonchev–Trinajstić information content (AvgIpc) is 3.37. The van der Waals surface area contributed by atoms with Crippen molar-refractivity contribution < 1.29 is 14.7 Å². The first kappa shape index (κ1) is 19.3. The van der Waals surface area contributed by atoms with E-state index < -0.39 is 17.4 Å². The monoisotopic (exact) mass is 400 g/mol. The number of rotatable bonds is 5. The average molecular weight is 401 g/mol. The first-order valence-corrected chi connectivity index (χ1v) is 10.2. The highest BCUT2D eigenvalue weighted by Crippen LogP contribution is 2.33. The van der Waals surface area contributed by atoms with Crippen molar-refractivity contribution in [1.29, 1.82) is 0 Å². The van der Waals surface area contributed by atoms with E-state index in [4.69, 9.17) is 0 Å². The number of hydrogen-bond acceptors (Lipinski definition) is 5. The number of nitrogens with one attached hydrogen (secondary N) is 2. The Bertz CT molecular complexity index is 900. The van der Waals surface area contributed by atoms with E-state index in [1.165, 1.54) is 22.7 Å². The molecule has 2 heterocycles. The van der Waals surface area contributed by atoms with E-state index in [0.29, 0.717) is 16.1 Å². The molecule has 7 heteroatoms. The van der Waals surface area contributed by atoms with Gasteiger partial charge in [-0.1, -0.05) is 18.2 Å². The van der Waals surface area contributed by atoms with Crippen molar-refractivity contribution in [2.24, 2.45) is 0 Å². The summed E-state index contributed by atoms with van der Waals surface area (Å²) in [6.07, 6.45) is 0. The Balaban J connectivity index is 1.71. The molecule has 5 nitrogen and oxygen atoms in total. The summed E-state index contributed by atoms with van der Waals surface area (Å²) in [7, 11) is 0. The van der Waals surface area contributed by atoms with Crippen LogP contribution < -0.4 is 10.6 Å². The second-order valence-corrected chi connectivity index (χ2v) is 7.96. The van der Waals surface area contributed by atoms with E-state index in [0.717, 1.165) is 11.1 Å². The summed E-state index contributed by atoms with van der Waals surface area (Å²) in [5, 5.41) is 22.0. The third-order valence-electron chi connectivity index (χ3n) is 4.49. The zero-order valence-corrected chi connectivity index (χ0v) is 16.6. The van der Waals surface area contributed by atoms with Gasteiger partial charge in [-0.25, -0.2) is 0 Å². The minimum Gasteiger partial charge on any atom is -0.378 e. The lowest BCUT2D eigenvalue weighted by Crippen LogP contribution is -2.44. The fourth-order valence-corrected chi connectivity index (χ4v) is 4.27. The third kappa shape index (κ3) is 4.10. The van der Waals surface area contributed by atoms with Crippen molar-refractivity contribution >= 4 is 40.2 Å². The van der Waals surface area contributed by atoms with Crippen LogP contribution in [0.25, 0.3) is 0 Å². The zero-order valence-electron chi connectivity index (χ0n) is 15.0. The van der Waals surface area contributed by atoms with Gasteiger partial charge in [-0.2, -0.15) is 11.3 Å². The van der Waals surface area contributed by atoms with Crippen LogP contribution in [0.3, 0.4) is 0 Å². The normalized spacial score (nSPS) is 13.0. The van der Waals surface area contributed by atoms with E-state index in [2.05, 4.69) is 10.6 Å². The zero-order chi connectivity index (χ0) is 19.4. The predicted octanol–water partition coefficient (Wildman–Crippen LogP) is 3.42. The van der Waals surface area contributed by atoms with Crippen molar-refractivity contribution in [2.75, 3.05) is 11.9 Å². The van der Waals surface area contributed by atoms with Crippen LogP contribution in [0.4, 0.5) is 5.69 Å². The highest BCUT2D eigenvalue weighted by molar-refractivity contribution is 7.10. The number of carbonyl (C=O) groups is 2. The molecule has 2 aromatic heterocycles. The molecule has 0 aliphatic heterocycles. The van der Waals surface area contributed by atoms with Crippen molar-refractivity contribution in [1.82, 2.24) is 5.32 Å². The summed E-state index contributed by atoms with van der Waals surface area (Å²) in [6.45, 7) is 3.73. The molecule has 0 saturated carbocycles. The Morgan fingerprint density at radius 2 is 1.89 bits per heavy atom. The quantitative estimate of drug-likeness (QED) is 0.574. The molecule has 0 aliphatic carbocycles. The number of thiophene rings is 2. The molecule has 0 spiro atoms. The topological polar surface area (TPSA) is 78.4 Å². The second kappa shape index (κ2) is 8.04. The van der Waals surface area contributed by atoms with Crippen LogP contribution >= 0.6 is 22.7 Å². The van der Waals surface area contributed by atoms with Crippen LogP contribution in [-0.4, -0.2) is 23.5 Å². The Kier molecular flexibility index (Phi) is 5.74. The van der Waals surface area contributed by atoms with E-state index in [1.807, 2.05) is 60.3 Å². The van der Waals surface area contributed by atoms with E-state index in [-0.39, 0.29) is 6.54 Å². The van der Waals surface area contributed by atoms with Gasteiger partial charge in [0.2, 0.25) is 0 Å². The van der Waals surface area contributed by atoms with Gasteiger partial charge in [-0.15, -0.1) is 11.3 Å². The van der Waals surface area contributed by atoms with Crippen LogP contribution in [0.5, 0.6) is 0 Å². The minimum absolute atomic E-state index is 0.0939. The first-order valence-electron chi connectivity index (χ1n) is 8.36. The molecule has 0 fully saturated rings. The van der Waals surface area contributed by atoms with Gasteiger partial charge >= 0.3 is 11.8 Å². The van der Waals surface area contributed by atoms with Crippen LogP contribution in [0, 0.1) is 13.8 Å². The summed E-state index contributed by atoms with van der Waals surface area (Å²) in [5.41, 5.74) is 1.85. The van der Waals surface area contributed by atoms with Gasteiger partial charge in [0, 0.05) is 16.1 Å². The predicted molar refractivity (Wildman–Crippen MR) is 109 cm³/mol. The Morgan fingerprint density at radius 3 is 2.56 bits per heavy atom. The fraction of sp³-hybridized carbons (Fsp3) is 0.200. The maximum atomic E-state index is 12.3. The Morgan fingerprint density at radius 1 is 1.07 bits per heavy atom. The van der Waals surface area contributed by atoms with Crippen molar-refractivity contribution in [3.05, 3.63) is 74.1 Å². The molecule has 0 radical (unpaired) electrons. The van der Waals surface area contributed by atoms with Gasteiger partial charge in [0.05, 0.1) is 6.54 Å². The van der Waals surface area contributed by atoms with E-state index in [1.54, 1.807) is 6.07 Å². The molecule has 3 N–H and O–H groups in total. The molecule has 27 heavy (non-hydrogen) atoms. The molecule has 1 unspecified atom stereocenters. The Hall–Kier alpha value is -2.48. The molecule has 1 aromatic carbocycles. The number of amides is 2. The maximum absolute atomic E-state index is 12.3. The van der Waals surface area contributed by atoms with E-state index in [9.17, 15) is 14.7 Å². The third-order valence-corrected chi connectivity index (χ3v) is 6.20. The molecule has 3 aromatic rings. The summed E-state index contributed by atoms with van der Waals surface area (Å²) >= 11 is 2.86. The first-order chi connectivity index (χ1) is 12.9. The summed E-state index contributed by atoms with van der Waals surface area (Å²) in [5.74, 6) is -1.55. The van der Waals surface area contributed by atoms with Crippen LogP contribution in [0.15, 0.2) is 52.5 Å². The molecule has 0 aliphatic rings. The SMILES string of the molecule is Cc1cccc(NC(=O)C(=O)NCC(O)(c2ccsc2)c2cccs2)c1C. The van der Waals surface area contributed by atoms with Gasteiger partial charge in [-0.3, -0.25) is 9.59 Å². The lowest BCUT2D eigenvalue weighted by atomic mass is 9.94. The molecular formula is C20H20N2O3S2. The highest BCUT2D eigenvalue weighted by atomic mass is 32.1. The second-order valence-electron chi connectivity index (χ2n) is 6.23. The number of carbonyl (C=O) groups excluding carboxylic acids is 2. The lowest BCUT2D eigenvalue weighted by molar-refractivity contribution is -0.136. The van der Waals surface area contributed by atoms with Crippen LogP contribution in [0.2, 0.25) is 0 Å². The largest absolute Gasteiger partial charge is 0.378 e. The fourth-order valence-electron chi connectivity index (χ4n) is 2.70. The molecular weight excluding hydrogens is 380 g/mol. The van der Waals surface area contributed by atoms with Gasteiger partial charge in [0.15, 0.2) is 0 Å².